The van der Waals surface area contributed by atoms with Crippen LogP contribution in [0.2, 0.25) is 0 Å². The lowest BCUT2D eigenvalue weighted by molar-refractivity contribution is 0.247. The molecule has 0 bridgehead atoms. The normalized spacial score (nSPS) is 22.5. The smallest absolute Gasteiger partial charge is 0.128 e. The zero-order chi connectivity index (χ0) is 13.2. The van der Waals surface area contributed by atoms with Crippen molar-refractivity contribution in [1.29, 1.82) is 0 Å². The molecule has 1 atom stereocenters. The van der Waals surface area contributed by atoms with Crippen molar-refractivity contribution in [3.63, 3.8) is 0 Å². The first-order chi connectivity index (χ1) is 9.22. The summed E-state index contributed by atoms with van der Waals surface area (Å²) in [5, 5.41) is 0. The summed E-state index contributed by atoms with van der Waals surface area (Å²) in [7, 11) is 0. The van der Waals surface area contributed by atoms with Gasteiger partial charge in [0.25, 0.3) is 0 Å². The Bertz CT molecular complexity index is 403. The van der Waals surface area contributed by atoms with Crippen molar-refractivity contribution in [1.82, 2.24) is 9.88 Å². The molecule has 1 aliphatic heterocycles. The van der Waals surface area contributed by atoms with Crippen LogP contribution in [-0.4, -0.2) is 48.1 Å². The van der Waals surface area contributed by atoms with E-state index in [1.165, 1.54) is 31.5 Å². The molecule has 1 saturated heterocycles. The van der Waals surface area contributed by atoms with E-state index in [2.05, 4.69) is 26.9 Å². The minimum atomic E-state index is 0.203. The maximum atomic E-state index is 5.81. The molecule has 2 heterocycles. The second kappa shape index (κ2) is 5.47. The molecule has 4 nitrogen and oxygen atoms in total. The molecular weight excluding hydrogens is 236 g/mol. The van der Waals surface area contributed by atoms with E-state index in [-0.39, 0.29) is 6.04 Å². The van der Waals surface area contributed by atoms with Gasteiger partial charge in [-0.2, -0.15) is 0 Å². The highest BCUT2D eigenvalue weighted by Crippen LogP contribution is 2.28. The highest BCUT2D eigenvalue weighted by molar-refractivity contribution is 5.40. The summed E-state index contributed by atoms with van der Waals surface area (Å²) in [6, 6.07) is 5.40. The van der Waals surface area contributed by atoms with Crippen molar-refractivity contribution >= 4 is 5.82 Å². The van der Waals surface area contributed by atoms with E-state index < -0.39 is 0 Å². The van der Waals surface area contributed by atoms with Crippen molar-refractivity contribution in [2.45, 2.75) is 38.3 Å². The molecule has 0 amide bonds. The highest BCUT2D eigenvalue weighted by Gasteiger charge is 2.31. The Kier molecular flexibility index (Phi) is 3.71. The minimum absolute atomic E-state index is 0.203. The maximum Gasteiger partial charge on any atom is 0.128 e. The predicted molar refractivity (Wildman–Crippen MR) is 78.4 cm³/mol. The van der Waals surface area contributed by atoms with E-state index in [4.69, 9.17) is 5.73 Å². The van der Waals surface area contributed by atoms with Gasteiger partial charge in [-0.25, -0.2) is 4.98 Å². The van der Waals surface area contributed by atoms with Crippen LogP contribution < -0.4 is 10.6 Å². The Balaban J connectivity index is 1.57. The molecule has 0 aromatic carbocycles. The van der Waals surface area contributed by atoms with Crippen LogP contribution in [0.1, 0.15) is 25.3 Å². The molecule has 2 aliphatic rings. The molecule has 0 spiro atoms. The molecule has 1 unspecified atom stereocenters. The molecule has 4 heteroatoms. The van der Waals surface area contributed by atoms with Gasteiger partial charge in [0.2, 0.25) is 0 Å². The van der Waals surface area contributed by atoms with Gasteiger partial charge in [0, 0.05) is 44.5 Å². The van der Waals surface area contributed by atoms with Gasteiger partial charge in [-0.05, 0) is 37.8 Å². The minimum Gasteiger partial charge on any atom is -0.354 e. The molecule has 1 saturated carbocycles. The van der Waals surface area contributed by atoms with Crippen LogP contribution in [0.15, 0.2) is 18.3 Å². The summed E-state index contributed by atoms with van der Waals surface area (Å²) in [4.78, 5) is 9.62. The Morgan fingerprint density at radius 2 is 2.00 bits per heavy atom. The molecule has 1 aromatic rings. The number of nitrogens with two attached hydrogens (primary N) is 1. The fraction of sp³-hybridized carbons (Fsp3) is 0.667. The molecular formula is C15H24N4. The number of nitrogens with zero attached hydrogens (tertiary/aromatic N) is 3. The number of piperazine rings is 1. The Morgan fingerprint density at radius 3 is 2.53 bits per heavy atom. The maximum absolute atomic E-state index is 5.81. The van der Waals surface area contributed by atoms with Crippen LogP contribution in [0.25, 0.3) is 0 Å². The molecule has 19 heavy (non-hydrogen) atoms. The number of hydrogen-bond acceptors (Lipinski definition) is 4. The van der Waals surface area contributed by atoms with E-state index in [0.717, 1.165) is 31.4 Å². The first-order valence-corrected chi connectivity index (χ1v) is 7.42. The van der Waals surface area contributed by atoms with Crippen molar-refractivity contribution in [3.05, 3.63) is 23.9 Å². The second-order valence-corrected chi connectivity index (χ2v) is 5.96. The lowest BCUT2D eigenvalue weighted by Gasteiger charge is -2.35. The standard InChI is InChI=1S/C15H24N4/c1-12(16)10-13-2-5-15(17-11-13)19-8-6-18(7-9-19)14-3-4-14/h2,5,11-12,14H,3-4,6-10,16H2,1H3. The first-order valence-electron chi connectivity index (χ1n) is 7.42. The third-order valence-corrected chi connectivity index (χ3v) is 4.07. The van der Waals surface area contributed by atoms with Crippen LogP contribution >= 0.6 is 0 Å². The van der Waals surface area contributed by atoms with E-state index >= 15 is 0 Å². The Morgan fingerprint density at radius 1 is 1.26 bits per heavy atom. The third kappa shape index (κ3) is 3.25. The Hall–Kier alpha value is -1.13. The molecule has 1 aromatic heterocycles. The van der Waals surface area contributed by atoms with Gasteiger partial charge >= 0.3 is 0 Å². The topological polar surface area (TPSA) is 45.4 Å². The van der Waals surface area contributed by atoms with Crippen LogP contribution in [0, 0.1) is 0 Å². The predicted octanol–water partition coefficient (Wildman–Crippen LogP) is 1.26. The fourth-order valence-corrected chi connectivity index (χ4v) is 2.85. The summed E-state index contributed by atoms with van der Waals surface area (Å²) >= 11 is 0. The molecule has 2 fully saturated rings. The average molecular weight is 260 g/mol. The first kappa shape index (κ1) is 12.9. The molecule has 2 N–H and O–H groups in total. The van der Waals surface area contributed by atoms with Gasteiger partial charge in [0.05, 0.1) is 0 Å². The van der Waals surface area contributed by atoms with Crippen molar-refractivity contribution in [2.75, 3.05) is 31.1 Å². The van der Waals surface area contributed by atoms with Gasteiger partial charge < -0.3 is 10.6 Å². The van der Waals surface area contributed by atoms with E-state index in [1.54, 1.807) is 0 Å². The van der Waals surface area contributed by atoms with Crippen molar-refractivity contribution in [3.8, 4) is 0 Å². The van der Waals surface area contributed by atoms with Gasteiger partial charge in [0.1, 0.15) is 5.82 Å². The van der Waals surface area contributed by atoms with Crippen molar-refractivity contribution < 1.29 is 0 Å². The monoisotopic (exact) mass is 260 g/mol. The fourth-order valence-electron chi connectivity index (χ4n) is 2.85. The van der Waals surface area contributed by atoms with Gasteiger partial charge in [-0.15, -0.1) is 0 Å². The third-order valence-electron chi connectivity index (χ3n) is 4.07. The summed E-state index contributed by atoms with van der Waals surface area (Å²) in [5.41, 5.74) is 7.04. The van der Waals surface area contributed by atoms with Crippen molar-refractivity contribution in [2.24, 2.45) is 5.73 Å². The van der Waals surface area contributed by atoms with Crippen LogP contribution in [0.4, 0.5) is 5.82 Å². The van der Waals surface area contributed by atoms with Crippen LogP contribution in [0.5, 0.6) is 0 Å². The van der Waals surface area contributed by atoms with Gasteiger partial charge in [0.15, 0.2) is 0 Å². The van der Waals surface area contributed by atoms with E-state index in [9.17, 15) is 0 Å². The zero-order valence-electron chi connectivity index (χ0n) is 11.8. The molecule has 3 rings (SSSR count). The number of anilines is 1. The number of rotatable bonds is 4. The molecule has 1 aliphatic carbocycles. The summed E-state index contributed by atoms with van der Waals surface area (Å²) in [6.07, 6.45) is 5.70. The number of hydrogen-bond donors (Lipinski definition) is 1. The van der Waals surface area contributed by atoms with Gasteiger partial charge in [-0.1, -0.05) is 6.07 Å². The van der Waals surface area contributed by atoms with Gasteiger partial charge in [-0.3, -0.25) is 4.90 Å². The second-order valence-electron chi connectivity index (χ2n) is 5.96. The number of pyridine rings is 1. The summed E-state index contributed by atoms with van der Waals surface area (Å²) < 4.78 is 0. The molecule has 0 radical (unpaired) electrons. The number of aromatic nitrogens is 1. The lowest BCUT2D eigenvalue weighted by Crippen LogP contribution is -2.47. The Labute approximate surface area is 115 Å². The quantitative estimate of drug-likeness (QED) is 0.885. The SMILES string of the molecule is CC(N)Cc1ccc(N2CCN(C3CC3)CC2)nc1. The van der Waals surface area contributed by atoms with Crippen LogP contribution in [0.3, 0.4) is 0 Å². The van der Waals surface area contributed by atoms with Crippen LogP contribution in [-0.2, 0) is 6.42 Å². The van der Waals surface area contributed by atoms with E-state index in [0.29, 0.717) is 0 Å². The largest absolute Gasteiger partial charge is 0.354 e. The summed E-state index contributed by atoms with van der Waals surface area (Å²) in [6.45, 7) is 6.62. The average Bonchev–Trinajstić information content (AvgIpc) is 3.24. The summed E-state index contributed by atoms with van der Waals surface area (Å²) in [5.74, 6) is 1.11. The van der Waals surface area contributed by atoms with E-state index in [1.807, 2.05) is 13.1 Å². The molecule has 104 valence electrons. The zero-order valence-corrected chi connectivity index (χ0v) is 11.8. The lowest BCUT2D eigenvalue weighted by atomic mass is 10.1. The highest BCUT2D eigenvalue weighted by atomic mass is 15.3.